The molecule has 1 aliphatic rings. The van der Waals surface area contributed by atoms with Crippen molar-refractivity contribution in [2.75, 3.05) is 13.1 Å². The van der Waals surface area contributed by atoms with Crippen LogP contribution in [-0.4, -0.2) is 47.7 Å². The first-order valence-corrected chi connectivity index (χ1v) is 10.0. The Labute approximate surface area is 169 Å². The zero-order valence-corrected chi connectivity index (χ0v) is 18.0. The van der Waals surface area contributed by atoms with Crippen LogP contribution in [0.2, 0.25) is 0 Å². The summed E-state index contributed by atoms with van der Waals surface area (Å²) in [5.74, 6) is -0.162. The molecule has 28 heavy (non-hydrogen) atoms. The van der Waals surface area contributed by atoms with E-state index in [1.165, 1.54) is 5.56 Å². The maximum absolute atomic E-state index is 12.9. The van der Waals surface area contributed by atoms with Gasteiger partial charge in [-0.3, -0.25) is 9.69 Å². The fourth-order valence-electron chi connectivity index (χ4n) is 3.32. The lowest BCUT2D eigenvalue weighted by Gasteiger charge is -2.32. The zero-order chi connectivity index (χ0) is 20.9. The van der Waals surface area contributed by atoms with Gasteiger partial charge in [0.15, 0.2) is 0 Å². The van der Waals surface area contributed by atoms with Crippen LogP contribution in [0.1, 0.15) is 53.5 Å². The van der Waals surface area contributed by atoms with Gasteiger partial charge in [0.2, 0.25) is 5.91 Å². The molecule has 1 heterocycles. The summed E-state index contributed by atoms with van der Waals surface area (Å²) in [4.78, 5) is 27.4. The standard InChI is InChI=1S/C22H35N3O3/c1-21(2,3)18(24-20(27)28-22(4,5)6)19(26)23-17-12-13-25(15-17)14-16-10-8-7-9-11-16/h7-11,17-18H,12-15H2,1-6H3,(H,23,26)(H,24,27)/t17-,18+/m0/s1. The highest BCUT2D eigenvalue weighted by Crippen LogP contribution is 2.21. The van der Waals surface area contributed by atoms with Crippen molar-refractivity contribution in [1.82, 2.24) is 15.5 Å². The molecular formula is C22H35N3O3. The third kappa shape index (κ3) is 7.15. The van der Waals surface area contributed by atoms with Gasteiger partial charge in [0, 0.05) is 25.7 Å². The van der Waals surface area contributed by atoms with Gasteiger partial charge in [0.05, 0.1) is 0 Å². The van der Waals surface area contributed by atoms with E-state index >= 15 is 0 Å². The molecule has 0 aromatic heterocycles. The van der Waals surface area contributed by atoms with Gasteiger partial charge < -0.3 is 15.4 Å². The van der Waals surface area contributed by atoms with Crippen molar-refractivity contribution < 1.29 is 14.3 Å². The molecule has 1 saturated heterocycles. The molecule has 6 heteroatoms. The summed E-state index contributed by atoms with van der Waals surface area (Å²) in [5, 5.41) is 5.87. The zero-order valence-electron chi connectivity index (χ0n) is 18.0. The van der Waals surface area contributed by atoms with E-state index in [2.05, 4.69) is 27.7 Å². The van der Waals surface area contributed by atoms with Crippen molar-refractivity contribution in [3.63, 3.8) is 0 Å². The highest BCUT2D eigenvalue weighted by atomic mass is 16.6. The molecule has 1 aromatic rings. The molecule has 2 N–H and O–H groups in total. The summed E-state index contributed by atoms with van der Waals surface area (Å²) in [6.07, 6.45) is 0.335. The predicted molar refractivity (Wildman–Crippen MR) is 111 cm³/mol. The highest BCUT2D eigenvalue weighted by Gasteiger charge is 2.36. The number of hydrogen-bond acceptors (Lipinski definition) is 4. The van der Waals surface area contributed by atoms with Crippen LogP contribution < -0.4 is 10.6 Å². The van der Waals surface area contributed by atoms with Crippen LogP contribution in [-0.2, 0) is 16.1 Å². The number of ether oxygens (including phenoxy) is 1. The van der Waals surface area contributed by atoms with E-state index in [4.69, 9.17) is 4.74 Å². The lowest BCUT2D eigenvalue weighted by Crippen LogP contribution is -2.56. The summed E-state index contributed by atoms with van der Waals surface area (Å²) in [5.41, 5.74) is 0.240. The van der Waals surface area contributed by atoms with Crippen LogP contribution in [0.4, 0.5) is 4.79 Å². The second kappa shape index (κ2) is 8.95. The molecule has 1 fully saturated rings. The maximum atomic E-state index is 12.9. The number of nitrogens with zero attached hydrogens (tertiary/aromatic N) is 1. The molecule has 2 rings (SSSR count). The van der Waals surface area contributed by atoms with Crippen LogP contribution >= 0.6 is 0 Å². The first-order valence-electron chi connectivity index (χ1n) is 10.0. The Kier molecular flexibility index (Phi) is 7.10. The summed E-state index contributed by atoms with van der Waals surface area (Å²) in [6.45, 7) is 13.9. The molecule has 6 nitrogen and oxygen atoms in total. The summed E-state index contributed by atoms with van der Waals surface area (Å²) < 4.78 is 5.33. The van der Waals surface area contributed by atoms with Crippen molar-refractivity contribution in [1.29, 1.82) is 0 Å². The van der Waals surface area contributed by atoms with E-state index in [1.54, 1.807) is 20.8 Å². The topological polar surface area (TPSA) is 70.7 Å². The average Bonchev–Trinajstić information content (AvgIpc) is 2.97. The molecular weight excluding hydrogens is 354 g/mol. The Hall–Kier alpha value is -2.08. The molecule has 2 atom stereocenters. The number of amides is 2. The third-order valence-electron chi connectivity index (χ3n) is 4.66. The summed E-state index contributed by atoms with van der Waals surface area (Å²) >= 11 is 0. The lowest BCUT2D eigenvalue weighted by molar-refractivity contribution is -0.126. The fraction of sp³-hybridized carbons (Fsp3) is 0.636. The number of carbonyl (C=O) groups excluding carboxylic acids is 2. The minimum absolute atomic E-state index is 0.0847. The summed E-state index contributed by atoms with van der Waals surface area (Å²) in [7, 11) is 0. The van der Waals surface area contributed by atoms with E-state index in [-0.39, 0.29) is 11.9 Å². The van der Waals surface area contributed by atoms with E-state index in [0.29, 0.717) is 0 Å². The van der Waals surface area contributed by atoms with Gasteiger partial charge in [-0.25, -0.2) is 4.79 Å². The lowest BCUT2D eigenvalue weighted by atomic mass is 9.86. The number of nitrogens with one attached hydrogen (secondary N) is 2. The highest BCUT2D eigenvalue weighted by molar-refractivity contribution is 5.86. The van der Waals surface area contributed by atoms with E-state index in [9.17, 15) is 9.59 Å². The summed E-state index contributed by atoms with van der Waals surface area (Å²) in [6, 6.07) is 9.76. The molecule has 1 aromatic carbocycles. The Bertz CT molecular complexity index is 662. The van der Waals surface area contributed by atoms with Crippen LogP contribution in [0, 0.1) is 5.41 Å². The Balaban J connectivity index is 1.91. The molecule has 0 bridgehead atoms. The molecule has 0 aliphatic carbocycles. The average molecular weight is 390 g/mol. The van der Waals surface area contributed by atoms with E-state index in [1.807, 2.05) is 39.0 Å². The van der Waals surface area contributed by atoms with Gasteiger partial charge in [-0.05, 0) is 38.2 Å². The Morgan fingerprint density at radius 2 is 1.79 bits per heavy atom. The quantitative estimate of drug-likeness (QED) is 0.810. The number of alkyl carbamates (subject to hydrolysis) is 1. The molecule has 0 unspecified atom stereocenters. The monoisotopic (exact) mass is 389 g/mol. The first kappa shape index (κ1) is 22.2. The van der Waals surface area contributed by atoms with Gasteiger partial charge in [0.1, 0.15) is 11.6 Å². The Morgan fingerprint density at radius 3 is 2.36 bits per heavy atom. The second-order valence-electron chi connectivity index (χ2n) is 9.66. The van der Waals surface area contributed by atoms with E-state index < -0.39 is 23.2 Å². The number of benzene rings is 1. The minimum Gasteiger partial charge on any atom is -0.444 e. The van der Waals surface area contributed by atoms with Crippen molar-refractivity contribution in [3.05, 3.63) is 35.9 Å². The molecule has 0 saturated carbocycles. The largest absolute Gasteiger partial charge is 0.444 e. The number of likely N-dealkylation sites (tertiary alicyclic amines) is 1. The molecule has 156 valence electrons. The molecule has 1 aliphatic heterocycles. The smallest absolute Gasteiger partial charge is 0.408 e. The SMILES string of the molecule is CC(C)(C)OC(=O)N[C@H](C(=O)N[C@H]1CCN(Cc2ccccc2)C1)C(C)(C)C. The normalized spacial score (nSPS) is 19.1. The first-order chi connectivity index (χ1) is 12.9. The van der Waals surface area contributed by atoms with Crippen LogP contribution in [0.25, 0.3) is 0 Å². The van der Waals surface area contributed by atoms with Crippen molar-refractivity contribution in [2.45, 2.75) is 72.2 Å². The van der Waals surface area contributed by atoms with Gasteiger partial charge in [0.25, 0.3) is 0 Å². The van der Waals surface area contributed by atoms with Gasteiger partial charge in [-0.15, -0.1) is 0 Å². The third-order valence-corrected chi connectivity index (χ3v) is 4.66. The molecule has 2 amide bonds. The van der Waals surface area contributed by atoms with Crippen molar-refractivity contribution in [3.8, 4) is 0 Å². The molecule has 0 radical (unpaired) electrons. The van der Waals surface area contributed by atoms with Crippen LogP contribution in [0.15, 0.2) is 30.3 Å². The van der Waals surface area contributed by atoms with Crippen LogP contribution in [0.5, 0.6) is 0 Å². The number of hydrogen-bond donors (Lipinski definition) is 2. The van der Waals surface area contributed by atoms with Crippen LogP contribution in [0.3, 0.4) is 0 Å². The fourth-order valence-corrected chi connectivity index (χ4v) is 3.32. The number of rotatable bonds is 5. The van der Waals surface area contributed by atoms with Crippen molar-refractivity contribution >= 4 is 12.0 Å². The minimum atomic E-state index is -0.662. The van der Waals surface area contributed by atoms with Gasteiger partial charge in [-0.2, -0.15) is 0 Å². The van der Waals surface area contributed by atoms with Crippen molar-refractivity contribution in [2.24, 2.45) is 5.41 Å². The maximum Gasteiger partial charge on any atom is 0.408 e. The number of carbonyl (C=O) groups is 2. The van der Waals surface area contributed by atoms with Gasteiger partial charge >= 0.3 is 6.09 Å². The second-order valence-corrected chi connectivity index (χ2v) is 9.66. The molecule has 0 spiro atoms. The predicted octanol–water partition coefficient (Wildman–Crippen LogP) is 3.32. The van der Waals surface area contributed by atoms with E-state index in [0.717, 1.165) is 26.1 Å². The Morgan fingerprint density at radius 1 is 1.14 bits per heavy atom. The van der Waals surface area contributed by atoms with Gasteiger partial charge in [-0.1, -0.05) is 51.1 Å².